The quantitative estimate of drug-likeness (QED) is 0.738. The highest BCUT2D eigenvalue weighted by Gasteiger charge is 2.16. The molecule has 1 aromatic heterocycles. The molecule has 0 radical (unpaired) electrons. The fraction of sp³-hybridized carbons (Fsp3) is 0.143. The Kier molecular flexibility index (Phi) is 5.77. The van der Waals surface area contributed by atoms with Gasteiger partial charge in [0.05, 0.1) is 0 Å². The van der Waals surface area contributed by atoms with Crippen LogP contribution in [0.15, 0.2) is 85.1 Å². The number of amides is 1. The van der Waals surface area contributed by atoms with Crippen LogP contribution in [0.4, 0.5) is 4.79 Å². The zero-order valence-corrected chi connectivity index (χ0v) is 13.8. The summed E-state index contributed by atoms with van der Waals surface area (Å²) < 4.78 is 5.28. The normalized spacial score (nSPS) is 11.5. The molecule has 0 saturated carbocycles. The van der Waals surface area contributed by atoms with Crippen molar-refractivity contribution in [3.05, 3.63) is 102 Å². The van der Waals surface area contributed by atoms with E-state index < -0.39 is 6.09 Å². The van der Waals surface area contributed by atoms with Crippen molar-refractivity contribution in [1.82, 2.24) is 10.3 Å². The molecule has 126 valence electrons. The molecule has 0 aliphatic carbocycles. The number of aromatic nitrogens is 1. The number of ether oxygens (including phenoxy) is 1. The lowest BCUT2D eigenvalue weighted by atomic mass is 9.95. The van der Waals surface area contributed by atoms with Crippen LogP contribution in [0.25, 0.3) is 0 Å². The molecule has 3 aromatic rings. The van der Waals surface area contributed by atoms with E-state index in [2.05, 4.69) is 10.3 Å². The van der Waals surface area contributed by atoms with Crippen molar-refractivity contribution in [3.63, 3.8) is 0 Å². The number of rotatable bonds is 6. The van der Waals surface area contributed by atoms with E-state index >= 15 is 0 Å². The van der Waals surface area contributed by atoms with Gasteiger partial charge in [-0.15, -0.1) is 0 Å². The first-order chi connectivity index (χ1) is 12.3. The predicted octanol–water partition coefficient (Wildman–Crippen LogP) is 4.14. The molecular weight excluding hydrogens is 312 g/mol. The second-order valence-corrected chi connectivity index (χ2v) is 5.66. The summed E-state index contributed by atoms with van der Waals surface area (Å²) in [5, 5.41) is 2.85. The Morgan fingerprint density at radius 1 is 0.920 bits per heavy atom. The lowest BCUT2D eigenvalue weighted by molar-refractivity contribution is 0.139. The van der Waals surface area contributed by atoms with Crippen molar-refractivity contribution in [1.29, 1.82) is 0 Å². The lowest BCUT2D eigenvalue weighted by Crippen LogP contribution is -2.29. The van der Waals surface area contributed by atoms with Crippen LogP contribution in [-0.4, -0.2) is 17.6 Å². The van der Waals surface area contributed by atoms with Gasteiger partial charge in [0.1, 0.15) is 6.61 Å². The molecule has 1 amide bonds. The van der Waals surface area contributed by atoms with Gasteiger partial charge in [-0.1, -0.05) is 66.7 Å². The number of nitrogens with one attached hydrogen (secondary N) is 1. The highest BCUT2D eigenvalue weighted by molar-refractivity contribution is 5.67. The average Bonchev–Trinajstić information content (AvgIpc) is 2.69. The van der Waals surface area contributed by atoms with Crippen LogP contribution in [0.3, 0.4) is 0 Å². The Labute approximate surface area is 147 Å². The molecule has 4 nitrogen and oxygen atoms in total. The van der Waals surface area contributed by atoms with Gasteiger partial charge in [-0.25, -0.2) is 4.79 Å². The average molecular weight is 332 g/mol. The van der Waals surface area contributed by atoms with E-state index in [1.54, 1.807) is 6.20 Å². The summed E-state index contributed by atoms with van der Waals surface area (Å²) in [6.45, 7) is 0.681. The van der Waals surface area contributed by atoms with Gasteiger partial charge in [0.15, 0.2) is 0 Å². The van der Waals surface area contributed by atoms with E-state index in [0.717, 1.165) is 16.8 Å². The van der Waals surface area contributed by atoms with E-state index in [1.807, 2.05) is 78.9 Å². The summed E-state index contributed by atoms with van der Waals surface area (Å²) in [6.07, 6.45) is 1.33. The highest BCUT2D eigenvalue weighted by Crippen LogP contribution is 2.21. The summed E-state index contributed by atoms with van der Waals surface area (Å²) in [5.41, 5.74) is 2.98. The second kappa shape index (κ2) is 8.64. The standard InChI is InChI=1S/C21H20N2O2/c24-21(25-16-17-9-3-1-4-10-17)23-15-19(18-11-5-2-6-12-18)20-13-7-8-14-22-20/h1-14,19H,15-16H2,(H,23,24). The van der Waals surface area contributed by atoms with Gasteiger partial charge < -0.3 is 10.1 Å². The molecule has 0 fully saturated rings. The Morgan fingerprint density at radius 2 is 1.60 bits per heavy atom. The van der Waals surface area contributed by atoms with Gasteiger partial charge in [-0.3, -0.25) is 4.98 Å². The molecule has 0 spiro atoms. The van der Waals surface area contributed by atoms with Crippen molar-refractivity contribution in [2.75, 3.05) is 6.54 Å². The maximum atomic E-state index is 12.0. The van der Waals surface area contributed by atoms with Crippen LogP contribution >= 0.6 is 0 Å². The van der Waals surface area contributed by atoms with Crippen molar-refractivity contribution in [2.45, 2.75) is 12.5 Å². The minimum atomic E-state index is -0.430. The first kappa shape index (κ1) is 16.7. The van der Waals surface area contributed by atoms with Crippen molar-refractivity contribution in [3.8, 4) is 0 Å². The molecule has 1 N–H and O–H groups in total. The van der Waals surface area contributed by atoms with Crippen LogP contribution < -0.4 is 5.32 Å². The first-order valence-corrected chi connectivity index (χ1v) is 8.23. The van der Waals surface area contributed by atoms with Gasteiger partial charge >= 0.3 is 6.09 Å². The number of pyridine rings is 1. The topological polar surface area (TPSA) is 51.2 Å². The monoisotopic (exact) mass is 332 g/mol. The molecule has 4 heteroatoms. The lowest BCUT2D eigenvalue weighted by Gasteiger charge is -2.17. The summed E-state index contributed by atoms with van der Waals surface area (Å²) in [5.74, 6) is -0.0216. The minimum Gasteiger partial charge on any atom is -0.445 e. The zero-order chi connectivity index (χ0) is 17.3. The smallest absolute Gasteiger partial charge is 0.407 e. The van der Waals surface area contributed by atoms with E-state index in [0.29, 0.717) is 6.54 Å². The third-order valence-corrected chi connectivity index (χ3v) is 3.91. The Hall–Kier alpha value is -3.14. The predicted molar refractivity (Wildman–Crippen MR) is 97.2 cm³/mol. The number of benzene rings is 2. The Bertz CT molecular complexity index is 737. The molecular formula is C21H20N2O2. The fourth-order valence-electron chi connectivity index (χ4n) is 2.62. The van der Waals surface area contributed by atoms with Gasteiger partial charge in [-0.05, 0) is 23.3 Å². The highest BCUT2D eigenvalue weighted by atomic mass is 16.5. The number of hydrogen-bond acceptors (Lipinski definition) is 3. The van der Waals surface area contributed by atoms with E-state index in [4.69, 9.17) is 4.74 Å². The number of carbonyl (C=O) groups is 1. The van der Waals surface area contributed by atoms with E-state index in [-0.39, 0.29) is 12.5 Å². The molecule has 0 aliphatic rings. The van der Waals surface area contributed by atoms with Gasteiger partial charge in [-0.2, -0.15) is 0 Å². The number of nitrogens with zero attached hydrogens (tertiary/aromatic N) is 1. The molecule has 1 unspecified atom stereocenters. The van der Waals surface area contributed by atoms with Crippen molar-refractivity contribution < 1.29 is 9.53 Å². The molecule has 25 heavy (non-hydrogen) atoms. The van der Waals surface area contributed by atoms with Crippen LogP contribution in [0, 0.1) is 0 Å². The summed E-state index contributed by atoms with van der Waals surface area (Å²) in [7, 11) is 0. The van der Waals surface area contributed by atoms with Crippen LogP contribution in [-0.2, 0) is 11.3 Å². The zero-order valence-electron chi connectivity index (χ0n) is 13.8. The molecule has 2 aromatic carbocycles. The second-order valence-electron chi connectivity index (χ2n) is 5.66. The molecule has 0 saturated heterocycles. The summed E-state index contributed by atoms with van der Waals surface area (Å²) >= 11 is 0. The third-order valence-electron chi connectivity index (χ3n) is 3.91. The van der Waals surface area contributed by atoms with E-state index in [9.17, 15) is 4.79 Å². The Balaban J connectivity index is 1.62. The first-order valence-electron chi connectivity index (χ1n) is 8.23. The van der Waals surface area contributed by atoms with Crippen molar-refractivity contribution in [2.24, 2.45) is 0 Å². The molecule has 0 aliphatic heterocycles. The third kappa shape index (κ3) is 4.91. The van der Waals surface area contributed by atoms with Crippen LogP contribution in [0.5, 0.6) is 0 Å². The molecule has 3 rings (SSSR count). The molecule has 1 heterocycles. The maximum absolute atomic E-state index is 12.0. The van der Waals surface area contributed by atoms with Gasteiger partial charge in [0.25, 0.3) is 0 Å². The van der Waals surface area contributed by atoms with Crippen LogP contribution in [0.2, 0.25) is 0 Å². The van der Waals surface area contributed by atoms with Crippen molar-refractivity contribution >= 4 is 6.09 Å². The Morgan fingerprint density at radius 3 is 2.28 bits per heavy atom. The SMILES string of the molecule is O=C(NCC(c1ccccc1)c1ccccn1)OCc1ccccc1. The number of hydrogen-bond donors (Lipinski definition) is 1. The van der Waals surface area contributed by atoms with Gasteiger partial charge in [0, 0.05) is 24.4 Å². The minimum absolute atomic E-state index is 0.0216. The molecule has 0 bridgehead atoms. The maximum Gasteiger partial charge on any atom is 0.407 e. The van der Waals surface area contributed by atoms with Gasteiger partial charge in [0.2, 0.25) is 0 Å². The largest absolute Gasteiger partial charge is 0.445 e. The molecule has 1 atom stereocenters. The van der Waals surface area contributed by atoms with Crippen LogP contribution in [0.1, 0.15) is 22.7 Å². The number of carbonyl (C=O) groups excluding carboxylic acids is 1. The fourth-order valence-corrected chi connectivity index (χ4v) is 2.62. The number of alkyl carbamates (subject to hydrolysis) is 1. The summed E-state index contributed by atoms with van der Waals surface area (Å²) in [4.78, 5) is 16.5. The van der Waals surface area contributed by atoms with E-state index in [1.165, 1.54) is 0 Å². The summed E-state index contributed by atoms with van der Waals surface area (Å²) in [6, 6.07) is 25.4.